The van der Waals surface area contributed by atoms with Gasteiger partial charge in [-0.15, -0.1) is 0 Å². The normalized spacial score (nSPS) is 39.0. The van der Waals surface area contributed by atoms with Gasteiger partial charge in [-0.1, -0.05) is 57.5 Å². The molecule has 2 nitrogen and oxygen atoms in total. The van der Waals surface area contributed by atoms with Gasteiger partial charge in [0.05, 0.1) is 0 Å². The second-order valence-corrected chi connectivity index (χ2v) is 10.9. The highest BCUT2D eigenvalue weighted by Crippen LogP contribution is 2.74. The van der Waals surface area contributed by atoms with E-state index in [4.69, 9.17) is 12.2 Å². The third-order valence-electron chi connectivity index (χ3n) is 8.35. The summed E-state index contributed by atoms with van der Waals surface area (Å²) in [6, 6.07) is 10.6. The lowest BCUT2D eigenvalue weighted by Crippen LogP contribution is -2.62. The van der Waals surface area contributed by atoms with Gasteiger partial charge in [-0.05, 0) is 85.4 Å². The van der Waals surface area contributed by atoms with E-state index >= 15 is 0 Å². The van der Waals surface area contributed by atoms with E-state index in [1.165, 1.54) is 37.7 Å². The van der Waals surface area contributed by atoms with Gasteiger partial charge in [-0.2, -0.15) is 0 Å². The molecule has 0 radical (unpaired) electrons. The SMILES string of the molecule is CC1(C)[C@@H]2[C@H]1CC[C@]1(C)CCC[C@](C)(NC(=S)NCCc3ccccc3)[C@@H]21. The van der Waals surface area contributed by atoms with Gasteiger partial charge in [0.15, 0.2) is 5.11 Å². The fourth-order valence-corrected chi connectivity index (χ4v) is 7.28. The quantitative estimate of drug-likeness (QED) is 0.687. The van der Waals surface area contributed by atoms with Crippen LogP contribution in [0, 0.1) is 28.6 Å². The lowest BCUT2D eigenvalue weighted by molar-refractivity contribution is -0.0161. The number of thiocarbonyl (C=S) groups is 1. The van der Waals surface area contributed by atoms with Crippen LogP contribution in [0.5, 0.6) is 0 Å². The molecule has 0 saturated heterocycles. The van der Waals surface area contributed by atoms with Crippen LogP contribution in [-0.4, -0.2) is 17.2 Å². The Labute approximate surface area is 170 Å². The van der Waals surface area contributed by atoms with Crippen molar-refractivity contribution in [1.29, 1.82) is 0 Å². The summed E-state index contributed by atoms with van der Waals surface area (Å²) in [4.78, 5) is 0. The second kappa shape index (κ2) is 6.76. The maximum atomic E-state index is 5.74. The van der Waals surface area contributed by atoms with Gasteiger partial charge in [0.2, 0.25) is 0 Å². The first-order chi connectivity index (χ1) is 12.8. The molecule has 0 aliphatic heterocycles. The number of nitrogens with one attached hydrogen (secondary N) is 2. The molecule has 3 aliphatic carbocycles. The van der Waals surface area contributed by atoms with Crippen molar-refractivity contribution in [2.75, 3.05) is 6.54 Å². The van der Waals surface area contributed by atoms with E-state index in [0.717, 1.165) is 35.8 Å². The first kappa shape index (κ1) is 19.2. The molecule has 3 fully saturated rings. The van der Waals surface area contributed by atoms with Crippen molar-refractivity contribution in [3.05, 3.63) is 35.9 Å². The highest BCUT2D eigenvalue weighted by molar-refractivity contribution is 7.80. The van der Waals surface area contributed by atoms with Gasteiger partial charge in [0, 0.05) is 12.1 Å². The van der Waals surface area contributed by atoms with Crippen LogP contribution >= 0.6 is 12.2 Å². The van der Waals surface area contributed by atoms with Crippen molar-refractivity contribution in [3.63, 3.8) is 0 Å². The third-order valence-corrected chi connectivity index (χ3v) is 8.59. The highest BCUT2D eigenvalue weighted by Gasteiger charge is 2.70. The molecule has 0 unspecified atom stereocenters. The van der Waals surface area contributed by atoms with Crippen LogP contribution in [-0.2, 0) is 6.42 Å². The summed E-state index contributed by atoms with van der Waals surface area (Å²) in [7, 11) is 0. The van der Waals surface area contributed by atoms with Crippen molar-refractivity contribution >= 4 is 17.3 Å². The average molecular weight is 385 g/mol. The molecule has 3 heteroatoms. The third kappa shape index (κ3) is 3.41. The van der Waals surface area contributed by atoms with E-state index in [2.05, 4.69) is 68.7 Å². The maximum Gasteiger partial charge on any atom is 0.166 e. The van der Waals surface area contributed by atoms with E-state index in [1.54, 1.807) is 0 Å². The first-order valence-corrected chi connectivity index (χ1v) is 11.3. The summed E-state index contributed by atoms with van der Waals surface area (Å²) in [5.41, 5.74) is 2.49. The van der Waals surface area contributed by atoms with Crippen molar-refractivity contribution in [1.82, 2.24) is 10.6 Å². The maximum absolute atomic E-state index is 5.74. The molecule has 148 valence electrons. The number of hydrogen-bond acceptors (Lipinski definition) is 1. The molecule has 4 rings (SSSR count). The van der Waals surface area contributed by atoms with Gasteiger partial charge in [0.25, 0.3) is 0 Å². The summed E-state index contributed by atoms with van der Waals surface area (Å²) in [6.07, 6.45) is 7.79. The molecular weight excluding hydrogens is 348 g/mol. The highest BCUT2D eigenvalue weighted by atomic mass is 32.1. The molecule has 5 atom stereocenters. The molecular formula is C24H36N2S. The Bertz CT molecular complexity index is 700. The Morgan fingerprint density at radius 1 is 1.07 bits per heavy atom. The minimum atomic E-state index is 0.126. The zero-order valence-corrected chi connectivity index (χ0v) is 18.3. The summed E-state index contributed by atoms with van der Waals surface area (Å²) in [6.45, 7) is 10.9. The van der Waals surface area contributed by atoms with E-state index < -0.39 is 0 Å². The number of hydrogen-bond donors (Lipinski definition) is 2. The Hall–Kier alpha value is -1.09. The zero-order chi connectivity index (χ0) is 19.3. The van der Waals surface area contributed by atoms with Gasteiger partial charge in [-0.3, -0.25) is 0 Å². The minimum Gasteiger partial charge on any atom is -0.362 e. The molecule has 27 heavy (non-hydrogen) atoms. The van der Waals surface area contributed by atoms with Crippen LogP contribution in [0.1, 0.15) is 65.4 Å². The van der Waals surface area contributed by atoms with Gasteiger partial charge in [0.1, 0.15) is 0 Å². The van der Waals surface area contributed by atoms with E-state index in [0.29, 0.717) is 10.8 Å². The predicted octanol–water partition coefficient (Wildman–Crippen LogP) is 5.32. The first-order valence-electron chi connectivity index (χ1n) is 10.9. The van der Waals surface area contributed by atoms with Crippen molar-refractivity contribution in [3.8, 4) is 0 Å². The largest absolute Gasteiger partial charge is 0.362 e. The Morgan fingerprint density at radius 3 is 2.56 bits per heavy atom. The van der Waals surface area contributed by atoms with Crippen molar-refractivity contribution in [2.24, 2.45) is 28.6 Å². The molecule has 1 aromatic rings. The Balaban J connectivity index is 1.41. The second-order valence-electron chi connectivity index (χ2n) is 10.5. The summed E-state index contributed by atoms with van der Waals surface area (Å²) < 4.78 is 0. The molecule has 0 amide bonds. The predicted molar refractivity (Wildman–Crippen MR) is 118 cm³/mol. The smallest absolute Gasteiger partial charge is 0.166 e. The molecule has 0 spiro atoms. The molecule has 2 N–H and O–H groups in total. The van der Waals surface area contributed by atoms with Crippen LogP contribution in [0.2, 0.25) is 0 Å². The van der Waals surface area contributed by atoms with E-state index in [9.17, 15) is 0 Å². The van der Waals surface area contributed by atoms with Crippen molar-refractivity contribution in [2.45, 2.75) is 71.8 Å². The standard InChI is InChI=1S/C24H36N2S/c1-22(2)18-11-15-23(3)13-8-14-24(4,20(23)19(18)22)26-21(27)25-16-12-17-9-6-5-7-10-17/h5-7,9-10,18-20H,8,11-16H2,1-4H3,(H2,25,26,27)/t18-,19-,20+,23+,24+/m1/s1. The topological polar surface area (TPSA) is 24.1 Å². The molecule has 0 bridgehead atoms. The number of benzene rings is 1. The Kier molecular flexibility index (Phi) is 4.81. The summed E-state index contributed by atoms with van der Waals surface area (Å²) in [5.74, 6) is 2.52. The van der Waals surface area contributed by atoms with Crippen LogP contribution < -0.4 is 10.6 Å². The Morgan fingerprint density at radius 2 is 1.81 bits per heavy atom. The molecule has 3 saturated carbocycles. The van der Waals surface area contributed by atoms with Crippen LogP contribution in [0.15, 0.2) is 30.3 Å². The lowest BCUT2D eigenvalue weighted by atomic mass is 9.53. The molecule has 0 aromatic heterocycles. The molecule has 3 aliphatic rings. The van der Waals surface area contributed by atoms with Crippen LogP contribution in [0.4, 0.5) is 0 Å². The fraction of sp³-hybridized carbons (Fsp3) is 0.708. The van der Waals surface area contributed by atoms with Gasteiger partial charge < -0.3 is 10.6 Å². The van der Waals surface area contributed by atoms with Crippen molar-refractivity contribution < 1.29 is 0 Å². The molecule has 0 heterocycles. The number of fused-ring (bicyclic) bond motifs is 3. The van der Waals surface area contributed by atoms with Crippen LogP contribution in [0.25, 0.3) is 0 Å². The van der Waals surface area contributed by atoms with Gasteiger partial charge in [-0.25, -0.2) is 0 Å². The zero-order valence-electron chi connectivity index (χ0n) is 17.5. The van der Waals surface area contributed by atoms with Crippen LogP contribution in [0.3, 0.4) is 0 Å². The van der Waals surface area contributed by atoms with E-state index in [1.807, 2.05) is 0 Å². The summed E-state index contributed by atoms with van der Waals surface area (Å²) in [5, 5.41) is 8.15. The lowest BCUT2D eigenvalue weighted by Gasteiger charge is -2.55. The monoisotopic (exact) mass is 384 g/mol. The number of rotatable bonds is 4. The molecule has 1 aromatic carbocycles. The minimum absolute atomic E-state index is 0.126. The fourth-order valence-electron chi connectivity index (χ4n) is 6.94. The van der Waals surface area contributed by atoms with Gasteiger partial charge >= 0.3 is 0 Å². The average Bonchev–Trinajstić information content (AvgIpc) is 3.16. The summed E-state index contributed by atoms with van der Waals surface area (Å²) >= 11 is 5.74. The van der Waals surface area contributed by atoms with E-state index in [-0.39, 0.29) is 5.54 Å².